The zero-order chi connectivity index (χ0) is 19.3. The lowest BCUT2D eigenvalue weighted by Gasteiger charge is -2.35. The zero-order valence-electron chi connectivity index (χ0n) is 17.0. The number of aryl methyl sites for hydroxylation is 1. The largest absolute Gasteiger partial charge is 0.354 e. The Morgan fingerprint density at radius 2 is 1.89 bits per heavy atom. The third-order valence-electron chi connectivity index (χ3n) is 5.54. The van der Waals surface area contributed by atoms with Crippen molar-refractivity contribution in [3.8, 4) is 0 Å². The van der Waals surface area contributed by atoms with Crippen LogP contribution in [0.25, 0.3) is 0 Å². The van der Waals surface area contributed by atoms with Crippen molar-refractivity contribution < 1.29 is 0 Å². The Labute approximate surface area is 162 Å². The molecule has 0 amide bonds. The third kappa shape index (κ3) is 5.55. The number of guanidine groups is 1. The van der Waals surface area contributed by atoms with Crippen LogP contribution in [0.1, 0.15) is 56.7 Å². The second-order valence-electron chi connectivity index (χ2n) is 8.31. The smallest absolute Gasteiger partial charge is 0.192 e. The van der Waals surface area contributed by atoms with Crippen molar-refractivity contribution in [2.45, 2.75) is 65.6 Å². The molecule has 1 saturated carbocycles. The number of rotatable bonds is 5. The maximum absolute atomic E-state index is 4.81. The number of nitrogens with one attached hydrogen (secondary N) is 2. The lowest BCUT2D eigenvalue weighted by atomic mass is 9.75. The highest BCUT2D eigenvalue weighted by atomic mass is 15.3. The first-order valence-corrected chi connectivity index (χ1v) is 9.87. The SMILES string of the molecule is Cc1nnc(CNC(=NCc2ccccc2)NC2CCC(C)(C)CC2)n1C. The molecule has 3 rings (SSSR count). The van der Waals surface area contributed by atoms with Crippen molar-refractivity contribution in [3.63, 3.8) is 0 Å². The summed E-state index contributed by atoms with van der Waals surface area (Å²) in [6.45, 7) is 7.95. The predicted molar refractivity (Wildman–Crippen MR) is 109 cm³/mol. The van der Waals surface area contributed by atoms with Gasteiger partial charge in [-0.1, -0.05) is 44.2 Å². The van der Waals surface area contributed by atoms with E-state index in [2.05, 4.69) is 58.9 Å². The molecule has 0 unspecified atom stereocenters. The molecular formula is C21H32N6. The van der Waals surface area contributed by atoms with Gasteiger partial charge in [-0.3, -0.25) is 0 Å². The molecule has 146 valence electrons. The highest BCUT2D eigenvalue weighted by Gasteiger charge is 2.27. The van der Waals surface area contributed by atoms with E-state index >= 15 is 0 Å². The van der Waals surface area contributed by atoms with Crippen LogP contribution in [0.3, 0.4) is 0 Å². The minimum Gasteiger partial charge on any atom is -0.354 e. The summed E-state index contributed by atoms with van der Waals surface area (Å²) in [5.41, 5.74) is 1.67. The molecule has 0 spiro atoms. The van der Waals surface area contributed by atoms with E-state index in [0.29, 0.717) is 24.5 Å². The second-order valence-corrected chi connectivity index (χ2v) is 8.31. The van der Waals surface area contributed by atoms with Gasteiger partial charge in [0.1, 0.15) is 5.82 Å². The van der Waals surface area contributed by atoms with Gasteiger partial charge in [-0.25, -0.2) is 4.99 Å². The van der Waals surface area contributed by atoms with E-state index in [0.717, 1.165) is 17.6 Å². The van der Waals surface area contributed by atoms with Crippen LogP contribution in [0.5, 0.6) is 0 Å². The standard InChI is InChI=1S/C21H32N6/c1-16-25-26-19(27(16)4)15-23-20(22-14-17-8-6-5-7-9-17)24-18-10-12-21(2,3)13-11-18/h5-9,18H,10-15H2,1-4H3,(H2,22,23,24). The Morgan fingerprint density at radius 1 is 1.19 bits per heavy atom. The third-order valence-corrected chi connectivity index (χ3v) is 5.54. The van der Waals surface area contributed by atoms with Gasteiger partial charge in [-0.15, -0.1) is 10.2 Å². The van der Waals surface area contributed by atoms with Crippen molar-refractivity contribution >= 4 is 5.96 Å². The fourth-order valence-electron chi connectivity index (χ4n) is 3.41. The van der Waals surface area contributed by atoms with Crippen molar-refractivity contribution in [1.82, 2.24) is 25.4 Å². The summed E-state index contributed by atoms with van der Waals surface area (Å²) in [5.74, 6) is 2.67. The Bertz CT molecular complexity index is 752. The predicted octanol–water partition coefficient (Wildman–Crippen LogP) is 3.33. The molecule has 1 aliphatic carbocycles. The van der Waals surface area contributed by atoms with Gasteiger partial charge in [0.05, 0.1) is 13.1 Å². The van der Waals surface area contributed by atoms with Gasteiger partial charge in [-0.2, -0.15) is 0 Å². The van der Waals surface area contributed by atoms with Crippen LogP contribution in [-0.2, 0) is 20.1 Å². The van der Waals surface area contributed by atoms with Gasteiger partial charge in [0.2, 0.25) is 0 Å². The summed E-state index contributed by atoms with van der Waals surface area (Å²) in [4.78, 5) is 4.81. The van der Waals surface area contributed by atoms with Gasteiger partial charge < -0.3 is 15.2 Å². The summed E-state index contributed by atoms with van der Waals surface area (Å²) in [5, 5.41) is 15.5. The lowest BCUT2D eigenvalue weighted by Crippen LogP contribution is -2.45. The first kappa shape index (κ1) is 19.4. The monoisotopic (exact) mass is 368 g/mol. The maximum atomic E-state index is 4.81. The molecule has 27 heavy (non-hydrogen) atoms. The highest BCUT2D eigenvalue weighted by molar-refractivity contribution is 5.80. The molecule has 1 heterocycles. The highest BCUT2D eigenvalue weighted by Crippen LogP contribution is 2.34. The number of hydrogen-bond donors (Lipinski definition) is 2. The van der Waals surface area contributed by atoms with Gasteiger partial charge in [-0.05, 0) is 43.6 Å². The molecule has 6 heteroatoms. The molecule has 2 aromatic rings. The van der Waals surface area contributed by atoms with Gasteiger partial charge in [0.25, 0.3) is 0 Å². The molecule has 2 N–H and O–H groups in total. The van der Waals surface area contributed by atoms with Crippen LogP contribution in [-0.4, -0.2) is 26.8 Å². The molecule has 6 nitrogen and oxygen atoms in total. The number of hydrogen-bond acceptors (Lipinski definition) is 3. The van der Waals surface area contributed by atoms with Crippen LogP contribution in [0, 0.1) is 12.3 Å². The number of benzene rings is 1. The first-order chi connectivity index (χ1) is 12.9. The van der Waals surface area contributed by atoms with Crippen molar-refractivity contribution in [3.05, 3.63) is 47.5 Å². The average Bonchev–Trinajstić information content (AvgIpc) is 2.98. The number of aromatic nitrogens is 3. The van der Waals surface area contributed by atoms with E-state index in [-0.39, 0.29) is 0 Å². The summed E-state index contributed by atoms with van der Waals surface area (Å²) < 4.78 is 2.00. The summed E-state index contributed by atoms with van der Waals surface area (Å²) in [7, 11) is 1.99. The van der Waals surface area contributed by atoms with E-state index < -0.39 is 0 Å². The van der Waals surface area contributed by atoms with Gasteiger partial charge in [0.15, 0.2) is 11.8 Å². The van der Waals surface area contributed by atoms with Crippen LogP contribution in [0.15, 0.2) is 35.3 Å². The first-order valence-electron chi connectivity index (χ1n) is 9.87. The van der Waals surface area contributed by atoms with Crippen molar-refractivity contribution in [1.29, 1.82) is 0 Å². The van der Waals surface area contributed by atoms with E-state index in [1.807, 2.05) is 24.6 Å². The van der Waals surface area contributed by atoms with Crippen LogP contribution in [0.2, 0.25) is 0 Å². The molecule has 1 fully saturated rings. The van der Waals surface area contributed by atoms with E-state index in [4.69, 9.17) is 4.99 Å². The summed E-state index contributed by atoms with van der Waals surface area (Å²) >= 11 is 0. The minimum atomic E-state index is 0.461. The molecular weight excluding hydrogens is 336 g/mol. The normalized spacial score (nSPS) is 17.7. The molecule has 1 aromatic heterocycles. The molecule has 0 saturated heterocycles. The Morgan fingerprint density at radius 3 is 2.52 bits per heavy atom. The Hall–Kier alpha value is -2.37. The average molecular weight is 369 g/mol. The lowest BCUT2D eigenvalue weighted by molar-refractivity contribution is 0.216. The number of nitrogens with zero attached hydrogens (tertiary/aromatic N) is 4. The number of aliphatic imine (C=N–C) groups is 1. The Balaban J connectivity index is 1.65. The Kier molecular flexibility index (Phi) is 6.14. The molecule has 1 aromatic carbocycles. The topological polar surface area (TPSA) is 67.1 Å². The molecule has 0 radical (unpaired) electrons. The summed E-state index contributed by atoms with van der Waals surface area (Å²) in [6, 6.07) is 10.8. The van der Waals surface area contributed by atoms with E-state index in [9.17, 15) is 0 Å². The summed E-state index contributed by atoms with van der Waals surface area (Å²) in [6.07, 6.45) is 4.86. The van der Waals surface area contributed by atoms with Gasteiger partial charge in [0, 0.05) is 13.1 Å². The van der Waals surface area contributed by atoms with E-state index in [1.165, 1.54) is 31.2 Å². The molecule has 0 atom stereocenters. The molecule has 1 aliphatic rings. The van der Waals surface area contributed by atoms with Crippen LogP contribution >= 0.6 is 0 Å². The fraction of sp³-hybridized carbons (Fsp3) is 0.571. The van der Waals surface area contributed by atoms with Crippen molar-refractivity contribution in [2.24, 2.45) is 17.5 Å². The van der Waals surface area contributed by atoms with Crippen molar-refractivity contribution in [2.75, 3.05) is 0 Å². The fourth-order valence-corrected chi connectivity index (χ4v) is 3.41. The van der Waals surface area contributed by atoms with E-state index in [1.54, 1.807) is 0 Å². The quantitative estimate of drug-likeness (QED) is 0.627. The van der Waals surface area contributed by atoms with Crippen LogP contribution < -0.4 is 10.6 Å². The second kappa shape index (κ2) is 8.55. The zero-order valence-corrected chi connectivity index (χ0v) is 17.0. The maximum Gasteiger partial charge on any atom is 0.192 e. The molecule has 0 bridgehead atoms. The molecule has 0 aliphatic heterocycles. The van der Waals surface area contributed by atoms with Crippen LogP contribution in [0.4, 0.5) is 0 Å². The minimum absolute atomic E-state index is 0.461. The van der Waals surface area contributed by atoms with Gasteiger partial charge >= 0.3 is 0 Å².